The van der Waals surface area contributed by atoms with Crippen molar-refractivity contribution in [2.75, 3.05) is 6.26 Å². The van der Waals surface area contributed by atoms with Crippen molar-refractivity contribution in [1.82, 2.24) is 0 Å². The van der Waals surface area contributed by atoms with Gasteiger partial charge in [0.15, 0.2) is 0 Å². The minimum absolute atomic E-state index is 0.176. The second kappa shape index (κ2) is 5.38. The van der Waals surface area contributed by atoms with E-state index in [0.717, 1.165) is 23.5 Å². The lowest BCUT2D eigenvalue weighted by Gasteiger charge is -2.08. The van der Waals surface area contributed by atoms with Crippen molar-refractivity contribution in [1.29, 1.82) is 5.26 Å². The first-order valence-electron chi connectivity index (χ1n) is 5.37. The molecule has 20 heavy (non-hydrogen) atoms. The van der Waals surface area contributed by atoms with Gasteiger partial charge in [0.1, 0.15) is 10.3 Å². The number of halogens is 3. The van der Waals surface area contributed by atoms with Gasteiger partial charge >= 0.3 is 6.18 Å². The molecule has 1 heterocycles. The summed E-state index contributed by atoms with van der Waals surface area (Å²) in [7, 11) is -1.34. The predicted octanol–water partition coefficient (Wildman–Crippen LogP) is 4.04. The van der Waals surface area contributed by atoms with Crippen LogP contribution in [0.4, 0.5) is 13.2 Å². The van der Waals surface area contributed by atoms with Gasteiger partial charge in [-0.05, 0) is 17.7 Å². The molecule has 0 aliphatic heterocycles. The molecule has 0 radical (unpaired) electrons. The van der Waals surface area contributed by atoms with Crippen LogP contribution in [0.5, 0.6) is 0 Å². The maximum atomic E-state index is 12.7. The van der Waals surface area contributed by atoms with Gasteiger partial charge in [0.25, 0.3) is 0 Å². The van der Waals surface area contributed by atoms with E-state index in [0.29, 0.717) is 15.3 Å². The van der Waals surface area contributed by atoms with Crippen LogP contribution in [-0.2, 0) is 17.0 Å². The largest absolute Gasteiger partial charge is 0.416 e. The molecule has 0 N–H and O–H groups in total. The highest BCUT2D eigenvalue weighted by molar-refractivity contribution is 7.86. The summed E-state index contributed by atoms with van der Waals surface area (Å²) in [5.74, 6) is 0. The van der Waals surface area contributed by atoms with Crippen LogP contribution in [0.1, 0.15) is 11.1 Å². The van der Waals surface area contributed by atoms with E-state index >= 15 is 0 Å². The third-order valence-corrected chi connectivity index (χ3v) is 5.12. The number of hydrogen-bond acceptors (Lipinski definition) is 3. The van der Waals surface area contributed by atoms with E-state index < -0.39 is 22.5 Å². The van der Waals surface area contributed by atoms with Crippen LogP contribution in [0, 0.1) is 11.3 Å². The van der Waals surface area contributed by atoms with E-state index in [2.05, 4.69) is 0 Å². The minimum atomic E-state index is -4.44. The Bertz CT molecular complexity index is 713. The first-order chi connectivity index (χ1) is 9.34. The first-order valence-corrected chi connectivity index (χ1v) is 7.81. The van der Waals surface area contributed by atoms with Crippen LogP contribution in [0.25, 0.3) is 11.1 Å². The van der Waals surface area contributed by atoms with Crippen molar-refractivity contribution < 1.29 is 17.4 Å². The van der Waals surface area contributed by atoms with Gasteiger partial charge in [0.2, 0.25) is 0 Å². The van der Waals surface area contributed by atoms with Crippen molar-refractivity contribution in [2.24, 2.45) is 0 Å². The van der Waals surface area contributed by atoms with Crippen LogP contribution >= 0.6 is 11.3 Å². The fraction of sp³-hybridized carbons (Fsp3) is 0.154. The smallest absolute Gasteiger partial charge is 0.254 e. The standard InChI is InChI=1S/C13H8F3NOS2/c1-20(18)12-10(6-17)11(7-19-12)8-3-2-4-9(5-8)13(14,15)16/h2-5,7H,1H3/t20-/m0/s1. The van der Waals surface area contributed by atoms with E-state index in [4.69, 9.17) is 5.26 Å². The molecule has 2 rings (SSSR count). The van der Waals surface area contributed by atoms with Gasteiger partial charge in [0.05, 0.1) is 21.9 Å². The van der Waals surface area contributed by atoms with Gasteiger partial charge in [-0.2, -0.15) is 18.4 Å². The second-order valence-corrected chi connectivity index (χ2v) is 6.41. The summed E-state index contributed by atoms with van der Waals surface area (Å²) in [6, 6.07) is 6.67. The van der Waals surface area contributed by atoms with Crippen LogP contribution in [-0.4, -0.2) is 10.5 Å². The van der Waals surface area contributed by atoms with Crippen LogP contribution in [0.2, 0.25) is 0 Å². The third-order valence-electron chi connectivity index (χ3n) is 2.63. The average molecular weight is 315 g/mol. The Kier molecular flexibility index (Phi) is 3.97. The molecule has 1 aromatic heterocycles. The number of alkyl halides is 3. The number of rotatable bonds is 2. The van der Waals surface area contributed by atoms with Gasteiger partial charge in [-0.1, -0.05) is 12.1 Å². The Balaban J connectivity index is 2.59. The lowest BCUT2D eigenvalue weighted by Crippen LogP contribution is -2.04. The summed E-state index contributed by atoms with van der Waals surface area (Å²) >= 11 is 1.11. The summed E-state index contributed by atoms with van der Waals surface area (Å²) in [6.45, 7) is 0. The van der Waals surface area contributed by atoms with Gasteiger partial charge < -0.3 is 0 Å². The molecular weight excluding hydrogens is 307 g/mol. The summed E-state index contributed by atoms with van der Waals surface area (Å²) in [6.07, 6.45) is -3.00. The average Bonchev–Trinajstić information content (AvgIpc) is 2.81. The first kappa shape index (κ1) is 14.8. The van der Waals surface area contributed by atoms with Crippen molar-refractivity contribution in [2.45, 2.75) is 10.4 Å². The molecule has 2 nitrogen and oxygen atoms in total. The molecule has 0 aliphatic rings. The van der Waals surface area contributed by atoms with E-state index in [1.165, 1.54) is 18.4 Å². The molecule has 0 fully saturated rings. The topological polar surface area (TPSA) is 40.9 Å². The lowest BCUT2D eigenvalue weighted by molar-refractivity contribution is -0.137. The molecule has 2 aromatic rings. The molecule has 0 saturated heterocycles. The highest BCUT2D eigenvalue weighted by Crippen LogP contribution is 2.36. The van der Waals surface area contributed by atoms with Crippen molar-refractivity contribution in [3.8, 4) is 17.2 Å². The quantitative estimate of drug-likeness (QED) is 0.839. The molecule has 0 unspecified atom stereocenters. The molecule has 1 atom stereocenters. The molecule has 104 valence electrons. The molecule has 0 saturated carbocycles. The molecular formula is C13H8F3NOS2. The summed E-state index contributed by atoms with van der Waals surface area (Å²) in [5, 5.41) is 10.7. The zero-order valence-electron chi connectivity index (χ0n) is 10.2. The normalized spacial score (nSPS) is 12.9. The Labute approximate surface area is 119 Å². The number of nitriles is 1. The maximum absolute atomic E-state index is 12.7. The number of thiophene rings is 1. The Morgan fingerprint density at radius 3 is 2.60 bits per heavy atom. The highest BCUT2D eigenvalue weighted by Gasteiger charge is 2.30. The Morgan fingerprint density at radius 2 is 2.05 bits per heavy atom. The number of nitrogens with zero attached hydrogens (tertiary/aromatic N) is 1. The number of benzene rings is 1. The van der Waals surface area contributed by atoms with E-state index in [-0.39, 0.29) is 5.56 Å². The zero-order chi connectivity index (χ0) is 14.9. The molecule has 0 bridgehead atoms. The fourth-order valence-corrected chi connectivity index (χ4v) is 3.61. The zero-order valence-corrected chi connectivity index (χ0v) is 11.8. The van der Waals surface area contributed by atoms with Gasteiger partial charge in [-0.15, -0.1) is 11.3 Å². The van der Waals surface area contributed by atoms with Gasteiger partial charge in [-0.25, -0.2) is 0 Å². The van der Waals surface area contributed by atoms with E-state index in [1.807, 2.05) is 6.07 Å². The monoisotopic (exact) mass is 315 g/mol. The predicted molar refractivity (Wildman–Crippen MR) is 71.8 cm³/mol. The van der Waals surface area contributed by atoms with Gasteiger partial charge in [0, 0.05) is 17.2 Å². The molecule has 7 heteroatoms. The third kappa shape index (κ3) is 2.76. The van der Waals surface area contributed by atoms with Crippen LogP contribution in [0.15, 0.2) is 33.9 Å². The summed E-state index contributed by atoms with van der Waals surface area (Å²) in [5.41, 5.74) is 0.0811. The highest BCUT2D eigenvalue weighted by atomic mass is 32.2. The SMILES string of the molecule is C[S@](=O)c1scc(-c2cccc(C(F)(F)F)c2)c1C#N. The fourth-order valence-electron chi connectivity index (χ4n) is 1.73. The van der Waals surface area contributed by atoms with Crippen LogP contribution < -0.4 is 0 Å². The molecule has 0 aliphatic carbocycles. The number of hydrogen-bond donors (Lipinski definition) is 0. The van der Waals surface area contributed by atoms with Crippen molar-refractivity contribution >= 4 is 22.1 Å². The Morgan fingerprint density at radius 1 is 1.35 bits per heavy atom. The molecule has 0 spiro atoms. The molecule has 0 amide bonds. The Hall–Kier alpha value is -1.65. The maximum Gasteiger partial charge on any atom is 0.416 e. The summed E-state index contributed by atoms with van der Waals surface area (Å²) < 4.78 is 49.9. The van der Waals surface area contributed by atoms with E-state index in [9.17, 15) is 17.4 Å². The van der Waals surface area contributed by atoms with Crippen LogP contribution in [0.3, 0.4) is 0 Å². The van der Waals surface area contributed by atoms with Crippen molar-refractivity contribution in [3.05, 3.63) is 40.8 Å². The lowest BCUT2D eigenvalue weighted by atomic mass is 10.0. The minimum Gasteiger partial charge on any atom is -0.254 e. The second-order valence-electron chi connectivity index (χ2n) is 3.96. The molecule has 1 aromatic carbocycles. The van der Waals surface area contributed by atoms with Gasteiger partial charge in [-0.3, -0.25) is 4.21 Å². The van der Waals surface area contributed by atoms with Crippen molar-refractivity contribution in [3.63, 3.8) is 0 Å². The van der Waals surface area contributed by atoms with E-state index in [1.54, 1.807) is 5.38 Å². The summed E-state index contributed by atoms with van der Waals surface area (Å²) in [4.78, 5) is 0.